The third-order valence-electron chi connectivity index (χ3n) is 4.56. The molecule has 1 N–H and O–H groups in total. The van der Waals surface area contributed by atoms with Crippen LogP contribution < -0.4 is 5.32 Å². The Labute approximate surface area is 88.7 Å². The van der Waals surface area contributed by atoms with E-state index in [9.17, 15) is 0 Å². The van der Waals surface area contributed by atoms with Crippen molar-refractivity contribution in [2.45, 2.75) is 57.9 Å². The van der Waals surface area contributed by atoms with Gasteiger partial charge in [-0.25, -0.2) is 0 Å². The molecule has 2 aliphatic rings. The molecule has 0 aromatic carbocycles. The summed E-state index contributed by atoms with van der Waals surface area (Å²) >= 11 is 0. The molecular weight excluding hydrogens is 170 g/mol. The Hall–Kier alpha value is -0.0400. The lowest BCUT2D eigenvalue weighted by Crippen LogP contribution is -2.44. The molecule has 14 heavy (non-hydrogen) atoms. The molecule has 2 aliphatic carbocycles. The lowest BCUT2D eigenvalue weighted by Gasteiger charge is -2.41. The average Bonchev–Trinajstić information content (AvgIpc) is 2.13. The van der Waals surface area contributed by atoms with Crippen molar-refractivity contribution in [3.63, 3.8) is 0 Å². The molecule has 2 saturated carbocycles. The van der Waals surface area contributed by atoms with Crippen molar-refractivity contribution in [2.24, 2.45) is 17.8 Å². The highest BCUT2D eigenvalue weighted by Crippen LogP contribution is 2.38. The van der Waals surface area contributed by atoms with Gasteiger partial charge >= 0.3 is 0 Å². The molecular formula is C13H25N. The number of hydrogen-bond acceptors (Lipinski definition) is 1. The molecule has 82 valence electrons. The summed E-state index contributed by atoms with van der Waals surface area (Å²) in [5, 5.41) is 3.59. The summed E-state index contributed by atoms with van der Waals surface area (Å²) in [6, 6.07) is 0.844. The maximum Gasteiger partial charge on any atom is 0.0121 e. The van der Waals surface area contributed by atoms with Gasteiger partial charge in [0, 0.05) is 6.04 Å². The van der Waals surface area contributed by atoms with E-state index in [1.54, 1.807) is 0 Å². The zero-order valence-corrected chi connectivity index (χ0v) is 9.76. The van der Waals surface area contributed by atoms with E-state index in [0.29, 0.717) is 0 Å². The van der Waals surface area contributed by atoms with Gasteiger partial charge in [0.05, 0.1) is 0 Å². The Bertz CT molecular complexity index is 166. The van der Waals surface area contributed by atoms with E-state index in [1.807, 2.05) is 0 Å². The van der Waals surface area contributed by atoms with Crippen molar-refractivity contribution < 1.29 is 0 Å². The van der Waals surface area contributed by atoms with Gasteiger partial charge in [0.25, 0.3) is 0 Å². The van der Waals surface area contributed by atoms with E-state index in [0.717, 1.165) is 23.8 Å². The number of nitrogens with one attached hydrogen (secondary N) is 1. The largest absolute Gasteiger partial charge is 0.316 e. The second-order valence-electron chi connectivity index (χ2n) is 5.53. The molecule has 1 unspecified atom stereocenters. The van der Waals surface area contributed by atoms with Crippen LogP contribution in [0.3, 0.4) is 0 Å². The molecule has 0 amide bonds. The van der Waals surface area contributed by atoms with Crippen LogP contribution in [-0.4, -0.2) is 13.1 Å². The van der Waals surface area contributed by atoms with E-state index < -0.39 is 0 Å². The Morgan fingerprint density at radius 3 is 1.93 bits per heavy atom. The van der Waals surface area contributed by atoms with Gasteiger partial charge in [0.1, 0.15) is 0 Å². The lowest BCUT2D eigenvalue weighted by atomic mass is 9.70. The molecule has 0 spiro atoms. The van der Waals surface area contributed by atoms with Gasteiger partial charge < -0.3 is 5.32 Å². The second kappa shape index (κ2) is 4.65. The summed E-state index contributed by atoms with van der Waals surface area (Å²) in [6.07, 6.45) is 10.3. The Balaban J connectivity index is 1.84. The van der Waals surface area contributed by atoms with Crippen LogP contribution in [-0.2, 0) is 0 Å². The molecule has 0 saturated heterocycles. The number of hydrogen-bond donors (Lipinski definition) is 1. The van der Waals surface area contributed by atoms with E-state index in [2.05, 4.69) is 19.3 Å². The summed E-state index contributed by atoms with van der Waals surface area (Å²) < 4.78 is 0. The fourth-order valence-corrected chi connectivity index (χ4v) is 3.30. The first kappa shape index (κ1) is 10.5. The Kier molecular flexibility index (Phi) is 3.48. The third kappa shape index (κ3) is 2.13. The summed E-state index contributed by atoms with van der Waals surface area (Å²) in [5.74, 6) is 2.99. The van der Waals surface area contributed by atoms with Gasteiger partial charge in [-0.15, -0.1) is 0 Å². The SMILES string of the molecule is CNC(C1CCC1)C1CCC(C)CC1. The Morgan fingerprint density at radius 1 is 0.929 bits per heavy atom. The van der Waals surface area contributed by atoms with Crippen LogP contribution in [0.4, 0.5) is 0 Å². The molecule has 0 aliphatic heterocycles. The molecule has 1 nitrogen and oxygen atoms in total. The van der Waals surface area contributed by atoms with Gasteiger partial charge in [-0.05, 0) is 50.5 Å². The van der Waals surface area contributed by atoms with E-state index in [4.69, 9.17) is 0 Å². The maximum absolute atomic E-state index is 3.59. The minimum Gasteiger partial charge on any atom is -0.316 e. The van der Waals surface area contributed by atoms with Gasteiger partial charge in [-0.2, -0.15) is 0 Å². The van der Waals surface area contributed by atoms with Crippen molar-refractivity contribution in [2.75, 3.05) is 7.05 Å². The van der Waals surface area contributed by atoms with Crippen molar-refractivity contribution in [3.05, 3.63) is 0 Å². The van der Waals surface area contributed by atoms with E-state index >= 15 is 0 Å². The standard InChI is InChI=1S/C13H25N/c1-10-6-8-12(9-7-10)13(14-2)11-4-3-5-11/h10-14H,3-9H2,1-2H3. The minimum absolute atomic E-state index is 0.844. The highest BCUT2D eigenvalue weighted by molar-refractivity contribution is 4.88. The monoisotopic (exact) mass is 195 g/mol. The van der Waals surface area contributed by atoms with Crippen LogP contribution in [0.2, 0.25) is 0 Å². The predicted molar refractivity (Wildman–Crippen MR) is 61.3 cm³/mol. The van der Waals surface area contributed by atoms with E-state index in [-0.39, 0.29) is 0 Å². The van der Waals surface area contributed by atoms with Crippen LogP contribution in [0.15, 0.2) is 0 Å². The zero-order chi connectivity index (χ0) is 9.97. The topological polar surface area (TPSA) is 12.0 Å². The highest BCUT2D eigenvalue weighted by atomic mass is 14.9. The second-order valence-corrected chi connectivity index (χ2v) is 5.53. The lowest BCUT2D eigenvalue weighted by molar-refractivity contribution is 0.140. The average molecular weight is 195 g/mol. The van der Waals surface area contributed by atoms with Crippen LogP contribution in [0.5, 0.6) is 0 Å². The zero-order valence-electron chi connectivity index (χ0n) is 9.76. The molecule has 0 heterocycles. The van der Waals surface area contributed by atoms with E-state index in [1.165, 1.54) is 44.9 Å². The molecule has 1 atom stereocenters. The molecule has 2 fully saturated rings. The van der Waals surface area contributed by atoms with Crippen molar-refractivity contribution in [3.8, 4) is 0 Å². The first-order chi connectivity index (χ1) is 6.81. The first-order valence-electron chi connectivity index (χ1n) is 6.48. The van der Waals surface area contributed by atoms with Crippen LogP contribution in [0, 0.1) is 17.8 Å². The molecule has 0 bridgehead atoms. The summed E-state index contributed by atoms with van der Waals surface area (Å²) in [4.78, 5) is 0. The predicted octanol–water partition coefficient (Wildman–Crippen LogP) is 3.20. The smallest absolute Gasteiger partial charge is 0.0121 e. The molecule has 0 aromatic heterocycles. The quantitative estimate of drug-likeness (QED) is 0.729. The molecule has 2 rings (SSSR count). The number of rotatable bonds is 3. The Morgan fingerprint density at radius 2 is 1.50 bits per heavy atom. The van der Waals surface area contributed by atoms with Gasteiger partial charge in [-0.3, -0.25) is 0 Å². The third-order valence-corrected chi connectivity index (χ3v) is 4.56. The van der Waals surface area contributed by atoms with Crippen molar-refractivity contribution in [1.82, 2.24) is 5.32 Å². The highest BCUT2D eigenvalue weighted by Gasteiger charge is 2.33. The first-order valence-corrected chi connectivity index (χ1v) is 6.48. The van der Waals surface area contributed by atoms with Gasteiger partial charge in [0.2, 0.25) is 0 Å². The van der Waals surface area contributed by atoms with Gasteiger partial charge in [-0.1, -0.05) is 26.2 Å². The minimum atomic E-state index is 0.844. The van der Waals surface area contributed by atoms with Crippen molar-refractivity contribution in [1.29, 1.82) is 0 Å². The van der Waals surface area contributed by atoms with Crippen LogP contribution >= 0.6 is 0 Å². The molecule has 0 aromatic rings. The summed E-state index contributed by atoms with van der Waals surface area (Å²) in [5.41, 5.74) is 0. The van der Waals surface area contributed by atoms with Gasteiger partial charge in [0.15, 0.2) is 0 Å². The fourth-order valence-electron chi connectivity index (χ4n) is 3.30. The van der Waals surface area contributed by atoms with Crippen molar-refractivity contribution >= 4 is 0 Å². The molecule has 0 radical (unpaired) electrons. The van der Waals surface area contributed by atoms with Crippen LogP contribution in [0.1, 0.15) is 51.9 Å². The summed E-state index contributed by atoms with van der Waals surface area (Å²) in [6.45, 7) is 2.41. The van der Waals surface area contributed by atoms with Crippen LogP contribution in [0.25, 0.3) is 0 Å². The summed E-state index contributed by atoms with van der Waals surface area (Å²) in [7, 11) is 2.17. The maximum atomic E-state index is 3.59. The normalized spacial score (nSPS) is 36.4. The fraction of sp³-hybridized carbons (Fsp3) is 1.00. The molecule has 1 heteroatoms.